The van der Waals surface area contributed by atoms with Gasteiger partial charge in [0.15, 0.2) is 5.16 Å². The Bertz CT molecular complexity index is 772. The second-order valence-electron chi connectivity index (χ2n) is 5.51. The highest BCUT2D eigenvalue weighted by atomic mass is 32.2. The quantitative estimate of drug-likeness (QED) is 0.627. The Morgan fingerprint density at radius 1 is 1.12 bits per heavy atom. The van der Waals surface area contributed by atoms with Gasteiger partial charge in [-0.05, 0) is 44.2 Å². The van der Waals surface area contributed by atoms with Crippen LogP contribution in [0.25, 0.3) is 0 Å². The molecule has 1 fully saturated rings. The summed E-state index contributed by atoms with van der Waals surface area (Å²) in [5.41, 5.74) is 2.23. The maximum atomic E-state index is 12.6. The van der Waals surface area contributed by atoms with Crippen LogP contribution in [0.2, 0.25) is 0 Å². The van der Waals surface area contributed by atoms with Crippen molar-refractivity contribution >= 4 is 29.3 Å². The minimum atomic E-state index is -0.499. The molecule has 0 aliphatic carbocycles. The number of imide groups is 1. The molecule has 3 rings (SSSR count). The van der Waals surface area contributed by atoms with Gasteiger partial charge >= 0.3 is 0 Å². The molecule has 124 valence electrons. The van der Waals surface area contributed by atoms with Crippen LogP contribution in [-0.4, -0.2) is 34.1 Å². The van der Waals surface area contributed by atoms with Crippen molar-refractivity contribution in [3.05, 3.63) is 41.7 Å². The average Bonchev–Trinajstić information content (AvgIpc) is 2.80. The number of amides is 2. The second kappa shape index (κ2) is 6.60. The highest BCUT2D eigenvalue weighted by Crippen LogP contribution is 2.33. The molecule has 0 radical (unpaired) electrons. The van der Waals surface area contributed by atoms with Crippen LogP contribution in [0.5, 0.6) is 5.75 Å². The van der Waals surface area contributed by atoms with Gasteiger partial charge in [0.05, 0.1) is 12.8 Å². The zero-order valence-electron chi connectivity index (χ0n) is 13.6. The molecule has 0 saturated carbocycles. The zero-order valence-corrected chi connectivity index (χ0v) is 14.5. The highest BCUT2D eigenvalue weighted by Gasteiger charge is 2.40. The number of ether oxygens (including phenoxy) is 1. The molecule has 1 atom stereocenters. The lowest BCUT2D eigenvalue weighted by molar-refractivity contribution is -0.121. The van der Waals surface area contributed by atoms with E-state index in [9.17, 15) is 9.59 Å². The molecule has 0 N–H and O–H groups in total. The van der Waals surface area contributed by atoms with E-state index in [-0.39, 0.29) is 18.2 Å². The summed E-state index contributed by atoms with van der Waals surface area (Å²) in [7, 11) is 1.57. The molecule has 24 heavy (non-hydrogen) atoms. The van der Waals surface area contributed by atoms with E-state index in [2.05, 4.69) is 9.97 Å². The Morgan fingerprint density at radius 3 is 2.33 bits per heavy atom. The summed E-state index contributed by atoms with van der Waals surface area (Å²) in [5.74, 6) is 0.220. The van der Waals surface area contributed by atoms with Crippen molar-refractivity contribution in [3.63, 3.8) is 0 Å². The molecule has 2 heterocycles. The molecule has 0 unspecified atom stereocenters. The van der Waals surface area contributed by atoms with E-state index in [1.54, 1.807) is 31.4 Å². The van der Waals surface area contributed by atoms with Gasteiger partial charge in [-0.2, -0.15) is 0 Å². The predicted molar refractivity (Wildman–Crippen MR) is 91.3 cm³/mol. The Hall–Kier alpha value is -2.41. The average molecular weight is 343 g/mol. The second-order valence-corrected chi connectivity index (χ2v) is 6.68. The van der Waals surface area contributed by atoms with Crippen LogP contribution in [-0.2, 0) is 9.59 Å². The molecule has 1 aliphatic heterocycles. The first-order valence-corrected chi connectivity index (χ1v) is 8.35. The molecular formula is C17H17N3O3S. The SMILES string of the molecule is COc1ccc(N2C(=O)C[C@H](Sc3nc(C)cc(C)n3)C2=O)cc1. The Morgan fingerprint density at radius 2 is 1.75 bits per heavy atom. The van der Waals surface area contributed by atoms with Gasteiger partial charge in [-0.15, -0.1) is 0 Å². The van der Waals surface area contributed by atoms with E-state index < -0.39 is 5.25 Å². The highest BCUT2D eigenvalue weighted by molar-refractivity contribution is 8.00. The molecule has 1 saturated heterocycles. The Labute approximate surface area is 144 Å². The largest absolute Gasteiger partial charge is 0.497 e. The molecule has 1 aromatic heterocycles. The van der Waals surface area contributed by atoms with Crippen molar-refractivity contribution in [1.82, 2.24) is 9.97 Å². The van der Waals surface area contributed by atoms with Gasteiger partial charge in [0.25, 0.3) is 0 Å². The predicted octanol–water partition coefficient (Wildman–Crippen LogP) is 2.53. The van der Waals surface area contributed by atoms with E-state index in [1.165, 1.54) is 16.7 Å². The van der Waals surface area contributed by atoms with Crippen LogP contribution < -0.4 is 9.64 Å². The maximum absolute atomic E-state index is 12.6. The van der Waals surface area contributed by atoms with Crippen LogP contribution in [0, 0.1) is 13.8 Å². The molecule has 7 heteroatoms. The lowest BCUT2D eigenvalue weighted by atomic mass is 10.3. The van der Waals surface area contributed by atoms with Crippen LogP contribution in [0.1, 0.15) is 17.8 Å². The van der Waals surface area contributed by atoms with Crippen molar-refractivity contribution in [2.75, 3.05) is 12.0 Å². The van der Waals surface area contributed by atoms with E-state index >= 15 is 0 Å². The van der Waals surface area contributed by atoms with Gasteiger partial charge in [0, 0.05) is 17.8 Å². The van der Waals surface area contributed by atoms with Gasteiger partial charge in [-0.25, -0.2) is 14.9 Å². The molecular weight excluding hydrogens is 326 g/mol. The molecule has 1 aliphatic rings. The van der Waals surface area contributed by atoms with Gasteiger partial charge in [0.1, 0.15) is 11.0 Å². The van der Waals surface area contributed by atoms with Crippen molar-refractivity contribution < 1.29 is 14.3 Å². The number of anilines is 1. The number of aryl methyl sites for hydroxylation is 2. The third-order valence-corrected chi connectivity index (χ3v) is 4.69. The normalized spacial score (nSPS) is 17.5. The summed E-state index contributed by atoms with van der Waals surface area (Å²) < 4.78 is 5.10. The number of nitrogens with zero attached hydrogens (tertiary/aromatic N) is 3. The minimum absolute atomic E-state index is 0.145. The first kappa shape index (κ1) is 16.4. The topological polar surface area (TPSA) is 72.4 Å². The van der Waals surface area contributed by atoms with E-state index in [0.717, 1.165) is 11.4 Å². The number of thioether (sulfide) groups is 1. The maximum Gasteiger partial charge on any atom is 0.247 e. The van der Waals surface area contributed by atoms with E-state index in [1.807, 2.05) is 19.9 Å². The molecule has 6 nitrogen and oxygen atoms in total. The van der Waals surface area contributed by atoms with Gasteiger partial charge < -0.3 is 4.74 Å². The van der Waals surface area contributed by atoms with E-state index in [0.29, 0.717) is 16.6 Å². The molecule has 0 spiro atoms. The number of benzene rings is 1. The summed E-state index contributed by atoms with van der Waals surface area (Å²) in [6.07, 6.45) is 0.145. The van der Waals surface area contributed by atoms with E-state index in [4.69, 9.17) is 4.74 Å². The third-order valence-electron chi connectivity index (χ3n) is 3.65. The first-order valence-electron chi connectivity index (χ1n) is 7.47. The smallest absolute Gasteiger partial charge is 0.247 e. The molecule has 2 amide bonds. The number of methoxy groups -OCH3 is 1. The molecule has 1 aromatic carbocycles. The summed E-state index contributed by atoms with van der Waals surface area (Å²) in [4.78, 5) is 34.8. The van der Waals surface area contributed by atoms with Crippen LogP contribution in [0.15, 0.2) is 35.5 Å². The lowest BCUT2D eigenvalue weighted by Crippen LogP contribution is -2.31. The Kier molecular flexibility index (Phi) is 4.53. The lowest BCUT2D eigenvalue weighted by Gasteiger charge is -2.15. The summed E-state index contributed by atoms with van der Waals surface area (Å²) >= 11 is 1.24. The fourth-order valence-electron chi connectivity index (χ4n) is 2.57. The Balaban J connectivity index is 1.80. The number of carbonyl (C=O) groups excluding carboxylic acids is 2. The molecule has 0 bridgehead atoms. The number of hydrogen-bond donors (Lipinski definition) is 0. The van der Waals surface area contributed by atoms with Crippen molar-refractivity contribution in [2.45, 2.75) is 30.7 Å². The fraction of sp³-hybridized carbons (Fsp3) is 0.294. The summed E-state index contributed by atoms with van der Waals surface area (Å²) in [6, 6.07) is 8.73. The van der Waals surface area contributed by atoms with Gasteiger partial charge in [0.2, 0.25) is 11.8 Å². The number of rotatable bonds is 4. The third kappa shape index (κ3) is 3.26. The number of carbonyl (C=O) groups is 2. The first-order chi connectivity index (χ1) is 11.5. The van der Waals surface area contributed by atoms with Crippen molar-refractivity contribution in [1.29, 1.82) is 0 Å². The van der Waals surface area contributed by atoms with Crippen molar-refractivity contribution in [3.8, 4) is 5.75 Å². The number of hydrogen-bond acceptors (Lipinski definition) is 6. The molecule has 2 aromatic rings. The minimum Gasteiger partial charge on any atom is -0.497 e. The summed E-state index contributed by atoms with van der Waals surface area (Å²) in [6.45, 7) is 3.76. The van der Waals surface area contributed by atoms with Crippen LogP contribution in [0.4, 0.5) is 5.69 Å². The van der Waals surface area contributed by atoms with Crippen LogP contribution >= 0.6 is 11.8 Å². The zero-order chi connectivity index (χ0) is 17.3. The fourth-order valence-corrected chi connectivity index (χ4v) is 3.65. The monoisotopic (exact) mass is 343 g/mol. The number of aromatic nitrogens is 2. The van der Waals surface area contributed by atoms with Gasteiger partial charge in [-0.3, -0.25) is 9.59 Å². The van der Waals surface area contributed by atoms with Gasteiger partial charge in [-0.1, -0.05) is 11.8 Å². The van der Waals surface area contributed by atoms with Crippen molar-refractivity contribution in [2.24, 2.45) is 0 Å². The standard InChI is InChI=1S/C17H17N3O3S/c1-10-8-11(2)19-17(18-10)24-14-9-15(21)20(16(14)22)12-4-6-13(23-3)7-5-12/h4-8,14H,9H2,1-3H3/t14-/m0/s1. The van der Waals surface area contributed by atoms with Crippen LogP contribution in [0.3, 0.4) is 0 Å². The summed E-state index contributed by atoms with van der Waals surface area (Å²) in [5, 5.41) is 0.0241.